The van der Waals surface area contributed by atoms with Crippen molar-refractivity contribution >= 4 is 28.9 Å². The van der Waals surface area contributed by atoms with Crippen LogP contribution in [0, 0.1) is 0 Å². The van der Waals surface area contributed by atoms with Crippen molar-refractivity contribution in [3.8, 4) is 11.4 Å². The highest BCUT2D eigenvalue weighted by molar-refractivity contribution is 6.42. The fourth-order valence-electron chi connectivity index (χ4n) is 2.03. The Kier molecular flexibility index (Phi) is 3.82. The molecule has 4 nitrogen and oxygen atoms in total. The summed E-state index contributed by atoms with van der Waals surface area (Å²) in [5.41, 5.74) is 8.23. The van der Waals surface area contributed by atoms with Gasteiger partial charge in [0, 0.05) is 11.3 Å². The van der Waals surface area contributed by atoms with Crippen LogP contribution in [0.5, 0.6) is 0 Å². The first-order valence-electron chi connectivity index (χ1n) is 6.32. The Balaban J connectivity index is 1.87. The molecular formula is C15H12Cl2N4. The van der Waals surface area contributed by atoms with Crippen LogP contribution in [-0.4, -0.2) is 14.8 Å². The summed E-state index contributed by atoms with van der Waals surface area (Å²) in [6.07, 6.45) is 1.66. The quantitative estimate of drug-likeness (QED) is 0.745. The molecule has 2 aromatic carbocycles. The molecular weight excluding hydrogens is 307 g/mol. The minimum Gasteiger partial charge on any atom is -0.399 e. The first-order chi connectivity index (χ1) is 10.1. The minimum absolute atomic E-state index is 0.509. The monoisotopic (exact) mass is 318 g/mol. The van der Waals surface area contributed by atoms with Crippen LogP contribution in [0.1, 0.15) is 5.56 Å². The van der Waals surface area contributed by atoms with E-state index in [2.05, 4.69) is 10.1 Å². The van der Waals surface area contributed by atoms with Crippen molar-refractivity contribution in [3.63, 3.8) is 0 Å². The second-order valence-electron chi connectivity index (χ2n) is 4.60. The van der Waals surface area contributed by atoms with E-state index in [1.54, 1.807) is 17.1 Å². The Morgan fingerprint density at radius 1 is 1.10 bits per heavy atom. The van der Waals surface area contributed by atoms with Gasteiger partial charge >= 0.3 is 0 Å². The first kappa shape index (κ1) is 13.9. The molecule has 0 aliphatic carbocycles. The summed E-state index contributed by atoms with van der Waals surface area (Å²) in [5, 5.41) is 5.51. The number of hydrogen-bond donors (Lipinski definition) is 1. The molecule has 0 saturated heterocycles. The van der Waals surface area contributed by atoms with Gasteiger partial charge in [-0.3, -0.25) is 0 Å². The van der Waals surface area contributed by atoms with Gasteiger partial charge in [-0.1, -0.05) is 47.5 Å². The molecule has 1 heterocycles. The van der Waals surface area contributed by atoms with Crippen LogP contribution < -0.4 is 5.73 Å². The molecule has 3 aromatic rings. The van der Waals surface area contributed by atoms with E-state index in [9.17, 15) is 0 Å². The number of hydrogen-bond acceptors (Lipinski definition) is 3. The Hall–Kier alpha value is -2.04. The van der Waals surface area contributed by atoms with Gasteiger partial charge in [0.1, 0.15) is 6.33 Å². The Morgan fingerprint density at radius 2 is 1.90 bits per heavy atom. The zero-order valence-electron chi connectivity index (χ0n) is 11.0. The Labute approximate surface area is 132 Å². The molecule has 2 N–H and O–H groups in total. The molecule has 0 bridgehead atoms. The van der Waals surface area contributed by atoms with Crippen LogP contribution in [0.2, 0.25) is 10.0 Å². The van der Waals surface area contributed by atoms with E-state index in [4.69, 9.17) is 28.9 Å². The summed E-state index contributed by atoms with van der Waals surface area (Å²) in [7, 11) is 0. The molecule has 0 fully saturated rings. The molecule has 0 amide bonds. The maximum absolute atomic E-state index is 6.18. The van der Waals surface area contributed by atoms with Crippen molar-refractivity contribution in [1.29, 1.82) is 0 Å². The van der Waals surface area contributed by atoms with E-state index in [-0.39, 0.29) is 0 Å². The lowest BCUT2D eigenvalue weighted by atomic mass is 10.2. The summed E-state index contributed by atoms with van der Waals surface area (Å²) >= 11 is 12.2. The van der Waals surface area contributed by atoms with E-state index in [0.717, 1.165) is 11.1 Å². The number of nitrogens with two attached hydrogens (primary N) is 1. The van der Waals surface area contributed by atoms with Gasteiger partial charge in [0.05, 0.1) is 16.6 Å². The van der Waals surface area contributed by atoms with Crippen molar-refractivity contribution in [2.75, 3.05) is 5.73 Å². The Bertz CT molecular complexity index is 783. The second-order valence-corrected chi connectivity index (χ2v) is 5.39. The third kappa shape index (κ3) is 3.01. The van der Waals surface area contributed by atoms with Crippen LogP contribution >= 0.6 is 23.2 Å². The fourth-order valence-corrected chi connectivity index (χ4v) is 2.41. The van der Waals surface area contributed by atoms with Gasteiger partial charge in [-0.15, -0.1) is 0 Å². The smallest absolute Gasteiger partial charge is 0.181 e. The lowest BCUT2D eigenvalue weighted by molar-refractivity contribution is 0.687. The maximum atomic E-state index is 6.18. The van der Waals surface area contributed by atoms with E-state index in [1.807, 2.05) is 36.4 Å². The molecule has 0 atom stereocenters. The van der Waals surface area contributed by atoms with Crippen LogP contribution in [0.15, 0.2) is 48.8 Å². The van der Waals surface area contributed by atoms with Gasteiger partial charge < -0.3 is 5.73 Å². The average molecular weight is 319 g/mol. The van der Waals surface area contributed by atoms with Gasteiger partial charge in [0.25, 0.3) is 0 Å². The number of nitrogens with zero attached hydrogens (tertiary/aromatic N) is 3. The summed E-state index contributed by atoms with van der Waals surface area (Å²) < 4.78 is 1.72. The molecule has 3 rings (SSSR count). The predicted molar refractivity (Wildman–Crippen MR) is 85.4 cm³/mol. The number of aromatic nitrogens is 3. The molecule has 0 aliphatic heterocycles. The number of halogens is 2. The van der Waals surface area contributed by atoms with Crippen molar-refractivity contribution in [1.82, 2.24) is 14.8 Å². The van der Waals surface area contributed by atoms with Crippen molar-refractivity contribution in [2.45, 2.75) is 6.54 Å². The molecule has 0 aliphatic rings. The van der Waals surface area contributed by atoms with Gasteiger partial charge in [0.2, 0.25) is 0 Å². The summed E-state index contributed by atoms with van der Waals surface area (Å²) in [6.45, 7) is 0.509. The predicted octanol–water partition coefficient (Wildman–Crippen LogP) is 3.88. The topological polar surface area (TPSA) is 56.7 Å². The largest absolute Gasteiger partial charge is 0.399 e. The molecule has 6 heteroatoms. The zero-order chi connectivity index (χ0) is 14.8. The SMILES string of the molecule is Nc1cccc(-c2ncn(Cc3cccc(Cl)c3Cl)n2)c1. The summed E-state index contributed by atoms with van der Waals surface area (Å²) in [6, 6.07) is 13.0. The van der Waals surface area contributed by atoms with Crippen LogP contribution in [0.4, 0.5) is 5.69 Å². The highest BCUT2D eigenvalue weighted by atomic mass is 35.5. The second kappa shape index (κ2) is 5.76. The average Bonchev–Trinajstić information content (AvgIpc) is 2.93. The molecule has 21 heavy (non-hydrogen) atoms. The molecule has 0 saturated carbocycles. The van der Waals surface area contributed by atoms with Crippen LogP contribution in [0.25, 0.3) is 11.4 Å². The minimum atomic E-state index is 0.509. The third-order valence-corrected chi connectivity index (χ3v) is 3.90. The molecule has 0 unspecified atom stereocenters. The fraction of sp³-hybridized carbons (Fsp3) is 0.0667. The number of anilines is 1. The van der Waals surface area contributed by atoms with Gasteiger partial charge in [-0.05, 0) is 23.8 Å². The molecule has 0 radical (unpaired) electrons. The van der Waals surface area contributed by atoms with Gasteiger partial charge in [-0.25, -0.2) is 9.67 Å². The first-order valence-corrected chi connectivity index (χ1v) is 7.07. The van der Waals surface area contributed by atoms with Gasteiger partial charge in [-0.2, -0.15) is 5.10 Å². The highest BCUT2D eigenvalue weighted by Crippen LogP contribution is 2.26. The van der Waals surface area contributed by atoms with Crippen molar-refractivity contribution in [2.24, 2.45) is 0 Å². The maximum Gasteiger partial charge on any atom is 0.181 e. The summed E-state index contributed by atoms with van der Waals surface area (Å²) in [5.74, 6) is 0.625. The summed E-state index contributed by atoms with van der Waals surface area (Å²) in [4.78, 5) is 4.30. The van der Waals surface area contributed by atoms with Crippen molar-refractivity contribution in [3.05, 3.63) is 64.4 Å². The van der Waals surface area contributed by atoms with E-state index in [1.165, 1.54) is 0 Å². The van der Waals surface area contributed by atoms with E-state index >= 15 is 0 Å². The highest BCUT2D eigenvalue weighted by Gasteiger charge is 2.08. The normalized spacial score (nSPS) is 10.8. The van der Waals surface area contributed by atoms with Gasteiger partial charge in [0.15, 0.2) is 5.82 Å². The lowest BCUT2D eigenvalue weighted by Crippen LogP contribution is -2.01. The lowest BCUT2D eigenvalue weighted by Gasteiger charge is -2.05. The van der Waals surface area contributed by atoms with Crippen LogP contribution in [-0.2, 0) is 6.54 Å². The molecule has 0 spiro atoms. The number of nitrogen functional groups attached to an aromatic ring is 1. The molecule has 1 aromatic heterocycles. The standard InChI is InChI=1S/C15H12Cl2N4/c16-13-6-2-4-11(14(13)17)8-21-9-19-15(20-21)10-3-1-5-12(18)7-10/h1-7,9H,8,18H2. The number of benzene rings is 2. The van der Waals surface area contributed by atoms with Crippen molar-refractivity contribution < 1.29 is 0 Å². The zero-order valence-corrected chi connectivity index (χ0v) is 12.5. The number of rotatable bonds is 3. The Morgan fingerprint density at radius 3 is 2.71 bits per heavy atom. The van der Waals surface area contributed by atoms with E-state index in [0.29, 0.717) is 28.1 Å². The van der Waals surface area contributed by atoms with Crippen LogP contribution in [0.3, 0.4) is 0 Å². The molecule has 106 valence electrons. The van der Waals surface area contributed by atoms with E-state index < -0.39 is 0 Å². The third-order valence-electron chi connectivity index (χ3n) is 3.05.